The third-order valence-corrected chi connectivity index (χ3v) is 2.36. The smallest absolute Gasteiger partial charge is 0.314 e. The number of aliphatic imine (C=N–C) groups is 1. The largest absolute Gasteiger partial charge is 0.469 e. The zero-order chi connectivity index (χ0) is 12.1. The molecule has 0 aromatic heterocycles. The SMILES string of the molecule is COC(=O)CC1=NC(=O)CCC1C(=O)OC. The van der Waals surface area contributed by atoms with Crippen LogP contribution in [0.2, 0.25) is 0 Å². The molecule has 1 atom stereocenters. The number of carbonyl (C=O) groups excluding carboxylic acids is 3. The van der Waals surface area contributed by atoms with Crippen LogP contribution in [0.25, 0.3) is 0 Å². The number of rotatable bonds is 3. The summed E-state index contributed by atoms with van der Waals surface area (Å²) < 4.78 is 9.05. The van der Waals surface area contributed by atoms with Crippen molar-refractivity contribution in [3.05, 3.63) is 0 Å². The average Bonchev–Trinajstić information content (AvgIpc) is 2.28. The molecule has 0 N–H and O–H groups in total. The predicted octanol–water partition coefficient (Wildman–Crippen LogP) is 0.100. The second-order valence-corrected chi connectivity index (χ2v) is 3.36. The van der Waals surface area contributed by atoms with Gasteiger partial charge in [-0.15, -0.1) is 0 Å². The van der Waals surface area contributed by atoms with E-state index in [9.17, 15) is 14.4 Å². The summed E-state index contributed by atoms with van der Waals surface area (Å²) in [6.45, 7) is 0. The Morgan fingerprint density at radius 3 is 2.62 bits per heavy atom. The summed E-state index contributed by atoms with van der Waals surface area (Å²) in [6, 6.07) is 0. The van der Waals surface area contributed by atoms with Crippen LogP contribution in [0.3, 0.4) is 0 Å². The van der Waals surface area contributed by atoms with Crippen LogP contribution in [0.15, 0.2) is 4.99 Å². The fraction of sp³-hybridized carbons (Fsp3) is 0.600. The Hall–Kier alpha value is -1.72. The maximum atomic E-state index is 11.4. The van der Waals surface area contributed by atoms with E-state index in [0.717, 1.165) is 0 Å². The highest BCUT2D eigenvalue weighted by molar-refractivity contribution is 6.13. The van der Waals surface area contributed by atoms with Crippen molar-refractivity contribution in [1.82, 2.24) is 0 Å². The molecule has 0 fully saturated rings. The van der Waals surface area contributed by atoms with E-state index in [4.69, 9.17) is 0 Å². The van der Waals surface area contributed by atoms with Crippen molar-refractivity contribution in [2.75, 3.05) is 14.2 Å². The molecule has 1 aliphatic rings. The molecule has 1 aliphatic heterocycles. The van der Waals surface area contributed by atoms with Gasteiger partial charge in [0.2, 0.25) is 5.91 Å². The van der Waals surface area contributed by atoms with Crippen LogP contribution in [-0.4, -0.2) is 37.8 Å². The number of nitrogens with zero attached hydrogens (tertiary/aromatic N) is 1. The van der Waals surface area contributed by atoms with Gasteiger partial charge >= 0.3 is 11.9 Å². The minimum Gasteiger partial charge on any atom is -0.469 e. The molecule has 6 heteroatoms. The van der Waals surface area contributed by atoms with E-state index in [1.54, 1.807) is 0 Å². The number of esters is 2. The zero-order valence-corrected chi connectivity index (χ0v) is 9.19. The Balaban J connectivity index is 2.84. The molecule has 0 saturated carbocycles. The van der Waals surface area contributed by atoms with Crippen molar-refractivity contribution in [2.45, 2.75) is 19.3 Å². The number of ether oxygens (including phenoxy) is 2. The molecular formula is C10H13NO5. The van der Waals surface area contributed by atoms with E-state index in [1.165, 1.54) is 14.2 Å². The quantitative estimate of drug-likeness (QED) is 0.638. The number of amides is 1. The molecule has 6 nitrogen and oxygen atoms in total. The molecule has 1 amide bonds. The summed E-state index contributed by atoms with van der Waals surface area (Å²) >= 11 is 0. The summed E-state index contributed by atoms with van der Waals surface area (Å²) in [5.41, 5.74) is 0.231. The highest BCUT2D eigenvalue weighted by Crippen LogP contribution is 2.19. The highest BCUT2D eigenvalue weighted by Gasteiger charge is 2.31. The molecule has 0 saturated heterocycles. The van der Waals surface area contributed by atoms with Crippen molar-refractivity contribution in [3.63, 3.8) is 0 Å². The molecule has 16 heavy (non-hydrogen) atoms. The van der Waals surface area contributed by atoms with Gasteiger partial charge in [-0.1, -0.05) is 0 Å². The second-order valence-electron chi connectivity index (χ2n) is 3.36. The fourth-order valence-corrected chi connectivity index (χ4v) is 1.51. The fourth-order valence-electron chi connectivity index (χ4n) is 1.51. The van der Waals surface area contributed by atoms with E-state index in [2.05, 4.69) is 14.5 Å². The molecule has 0 aliphatic carbocycles. The molecular weight excluding hydrogens is 214 g/mol. The zero-order valence-electron chi connectivity index (χ0n) is 9.19. The van der Waals surface area contributed by atoms with Crippen molar-refractivity contribution >= 4 is 23.6 Å². The van der Waals surface area contributed by atoms with Gasteiger partial charge in [0.25, 0.3) is 0 Å². The first-order valence-corrected chi connectivity index (χ1v) is 4.83. The van der Waals surface area contributed by atoms with Crippen LogP contribution in [0.4, 0.5) is 0 Å². The number of hydrogen-bond donors (Lipinski definition) is 0. The Kier molecular flexibility index (Phi) is 4.16. The Morgan fingerprint density at radius 1 is 1.38 bits per heavy atom. The van der Waals surface area contributed by atoms with Crippen LogP contribution < -0.4 is 0 Å². The first kappa shape index (κ1) is 12.4. The van der Waals surface area contributed by atoms with E-state index in [1.807, 2.05) is 0 Å². The molecule has 0 aromatic carbocycles. The van der Waals surface area contributed by atoms with Gasteiger partial charge in [0.05, 0.1) is 26.6 Å². The average molecular weight is 227 g/mol. The Labute approximate surface area is 92.6 Å². The van der Waals surface area contributed by atoms with Crippen molar-refractivity contribution in [1.29, 1.82) is 0 Å². The molecule has 1 unspecified atom stereocenters. The van der Waals surface area contributed by atoms with Crippen LogP contribution in [0, 0.1) is 5.92 Å². The van der Waals surface area contributed by atoms with Crippen LogP contribution >= 0.6 is 0 Å². The second kappa shape index (κ2) is 5.39. The molecule has 0 spiro atoms. The van der Waals surface area contributed by atoms with E-state index in [-0.39, 0.29) is 24.5 Å². The third-order valence-electron chi connectivity index (χ3n) is 2.36. The molecule has 1 rings (SSSR count). The maximum Gasteiger partial charge on any atom is 0.314 e. The summed E-state index contributed by atoms with van der Waals surface area (Å²) in [4.78, 5) is 37.3. The van der Waals surface area contributed by atoms with Crippen LogP contribution in [0.1, 0.15) is 19.3 Å². The molecule has 88 valence electrons. The summed E-state index contributed by atoms with van der Waals surface area (Å²) in [7, 11) is 2.50. The normalized spacial score (nSPS) is 20.0. The lowest BCUT2D eigenvalue weighted by Crippen LogP contribution is -2.31. The summed E-state index contributed by atoms with van der Waals surface area (Å²) in [5.74, 6) is -1.93. The van der Waals surface area contributed by atoms with Crippen molar-refractivity contribution < 1.29 is 23.9 Å². The topological polar surface area (TPSA) is 82.0 Å². The van der Waals surface area contributed by atoms with Crippen molar-refractivity contribution in [2.24, 2.45) is 10.9 Å². The minimum absolute atomic E-state index is 0.151. The number of methoxy groups -OCH3 is 2. The van der Waals surface area contributed by atoms with Gasteiger partial charge in [-0.25, -0.2) is 4.99 Å². The first-order valence-electron chi connectivity index (χ1n) is 4.83. The monoisotopic (exact) mass is 227 g/mol. The number of hydrogen-bond acceptors (Lipinski definition) is 5. The predicted molar refractivity (Wildman–Crippen MR) is 53.8 cm³/mol. The standard InChI is InChI=1S/C10H13NO5/c1-15-9(13)5-7-6(10(14)16-2)3-4-8(12)11-7/h6H,3-5H2,1-2H3. The van der Waals surface area contributed by atoms with Gasteiger partial charge < -0.3 is 9.47 Å². The lowest BCUT2D eigenvalue weighted by atomic mass is 9.92. The van der Waals surface area contributed by atoms with Crippen LogP contribution in [0.5, 0.6) is 0 Å². The number of carbonyl (C=O) groups is 3. The third kappa shape index (κ3) is 2.88. The van der Waals surface area contributed by atoms with Crippen molar-refractivity contribution in [3.8, 4) is 0 Å². The van der Waals surface area contributed by atoms with Gasteiger partial charge in [0, 0.05) is 12.1 Å². The molecule has 0 radical (unpaired) electrons. The van der Waals surface area contributed by atoms with Gasteiger partial charge in [-0.05, 0) is 6.42 Å². The first-order chi connectivity index (χ1) is 7.58. The van der Waals surface area contributed by atoms with E-state index < -0.39 is 17.9 Å². The Morgan fingerprint density at radius 2 is 2.06 bits per heavy atom. The van der Waals surface area contributed by atoms with Gasteiger partial charge in [-0.3, -0.25) is 14.4 Å². The molecule has 0 aromatic rings. The molecule has 1 heterocycles. The van der Waals surface area contributed by atoms with Crippen LogP contribution in [-0.2, 0) is 23.9 Å². The maximum absolute atomic E-state index is 11.4. The van der Waals surface area contributed by atoms with Gasteiger partial charge in [-0.2, -0.15) is 0 Å². The summed E-state index contributed by atoms with van der Waals surface area (Å²) in [5, 5.41) is 0. The minimum atomic E-state index is -0.609. The lowest BCUT2D eigenvalue weighted by molar-refractivity contribution is -0.143. The lowest BCUT2D eigenvalue weighted by Gasteiger charge is -2.19. The Bertz CT molecular complexity index is 347. The van der Waals surface area contributed by atoms with Gasteiger partial charge in [0.15, 0.2) is 0 Å². The van der Waals surface area contributed by atoms with Gasteiger partial charge in [0.1, 0.15) is 0 Å². The molecule has 0 bridgehead atoms. The van der Waals surface area contributed by atoms with E-state index >= 15 is 0 Å². The highest BCUT2D eigenvalue weighted by atomic mass is 16.5. The van der Waals surface area contributed by atoms with E-state index in [0.29, 0.717) is 6.42 Å². The summed E-state index contributed by atoms with van der Waals surface area (Å²) in [6.07, 6.45) is 0.383.